The number of nitro groups is 1. The van der Waals surface area contributed by atoms with Crippen LogP contribution in [0.15, 0.2) is 48.5 Å². The molecule has 0 bridgehead atoms. The van der Waals surface area contributed by atoms with Crippen molar-refractivity contribution in [3.05, 3.63) is 75.3 Å². The second-order valence-corrected chi connectivity index (χ2v) is 7.20. The third-order valence-electron chi connectivity index (χ3n) is 4.34. The van der Waals surface area contributed by atoms with E-state index in [1.807, 2.05) is 0 Å². The number of carbonyl (C=O) groups excluding carboxylic acids is 2. The van der Waals surface area contributed by atoms with Gasteiger partial charge in [-0.15, -0.1) is 0 Å². The Morgan fingerprint density at radius 1 is 1.00 bits per heavy atom. The Bertz CT molecular complexity index is 907. The molecular formula is C21H21F3N2O4. The standard InChI is InChI=1S/C21H21F3N2O4/c1-13(2)25-19(27)11-17(12-21(22,23)24)14-3-5-15(6-4-14)20(28)16-7-9-18(10-8-16)26(29)30/h3-10,13,17H,11-12H2,1-2H3,(H,25,27). The number of nitro benzene ring substituents is 1. The molecule has 0 aliphatic rings. The van der Waals surface area contributed by atoms with Crippen LogP contribution >= 0.6 is 0 Å². The summed E-state index contributed by atoms with van der Waals surface area (Å²) in [4.78, 5) is 34.6. The molecule has 0 aliphatic carbocycles. The van der Waals surface area contributed by atoms with Gasteiger partial charge in [-0.25, -0.2) is 0 Å². The first kappa shape index (κ1) is 23.1. The summed E-state index contributed by atoms with van der Waals surface area (Å²) < 4.78 is 39.0. The van der Waals surface area contributed by atoms with E-state index in [0.29, 0.717) is 5.56 Å². The maximum atomic E-state index is 13.0. The van der Waals surface area contributed by atoms with Crippen LogP contribution in [0.3, 0.4) is 0 Å². The molecule has 0 fully saturated rings. The van der Waals surface area contributed by atoms with Crippen LogP contribution in [0.25, 0.3) is 0 Å². The van der Waals surface area contributed by atoms with Crippen molar-refractivity contribution < 1.29 is 27.7 Å². The van der Waals surface area contributed by atoms with Crippen molar-refractivity contribution in [1.82, 2.24) is 5.32 Å². The van der Waals surface area contributed by atoms with Crippen molar-refractivity contribution in [2.24, 2.45) is 0 Å². The molecule has 1 unspecified atom stereocenters. The quantitative estimate of drug-likeness (QED) is 0.377. The lowest BCUT2D eigenvalue weighted by atomic mass is 9.90. The van der Waals surface area contributed by atoms with Crippen LogP contribution in [0.1, 0.15) is 54.1 Å². The minimum Gasteiger partial charge on any atom is -0.354 e. The minimum absolute atomic E-state index is 0.156. The number of hydrogen-bond acceptors (Lipinski definition) is 4. The predicted molar refractivity (Wildman–Crippen MR) is 104 cm³/mol. The van der Waals surface area contributed by atoms with Gasteiger partial charge < -0.3 is 5.32 Å². The summed E-state index contributed by atoms with van der Waals surface area (Å²) in [6.07, 6.45) is -5.93. The zero-order valence-electron chi connectivity index (χ0n) is 16.4. The van der Waals surface area contributed by atoms with Crippen LogP contribution in [0, 0.1) is 10.1 Å². The Hall–Kier alpha value is -3.23. The van der Waals surface area contributed by atoms with E-state index in [0.717, 1.165) is 0 Å². The number of benzene rings is 2. The van der Waals surface area contributed by atoms with E-state index in [1.54, 1.807) is 13.8 Å². The van der Waals surface area contributed by atoms with Crippen molar-refractivity contribution in [2.75, 3.05) is 0 Å². The fourth-order valence-electron chi connectivity index (χ4n) is 3.00. The number of amides is 1. The van der Waals surface area contributed by atoms with Gasteiger partial charge in [0, 0.05) is 41.6 Å². The molecule has 0 saturated heterocycles. The third-order valence-corrected chi connectivity index (χ3v) is 4.34. The first-order valence-corrected chi connectivity index (χ1v) is 9.21. The number of non-ortho nitro benzene ring substituents is 1. The van der Waals surface area contributed by atoms with Crippen LogP contribution < -0.4 is 5.32 Å². The molecule has 1 N–H and O–H groups in total. The van der Waals surface area contributed by atoms with Gasteiger partial charge >= 0.3 is 6.18 Å². The number of hydrogen-bond donors (Lipinski definition) is 1. The summed E-state index contributed by atoms with van der Waals surface area (Å²) in [7, 11) is 0. The predicted octanol–water partition coefficient (Wildman–Crippen LogP) is 4.78. The molecule has 9 heteroatoms. The van der Waals surface area contributed by atoms with E-state index in [1.165, 1.54) is 48.5 Å². The van der Waals surface area contributed by atoms with Crippen molar-refractivity contribution >= 4 is 17.4 Å². The van der Waals surface area contributed by atoms with Gasteiger partial charge in [0.05, 0.1) is 11.3 Å². The highest BCUT2D eigenvalue weighted by molar-refractivity contribution is 6.09. The molecule has 6 nitrogen and oxygen atoms in total. The molecule has 1 amide bonds. The summed E-state index contributed by atoms with van der Waals surface area (Å²) in [5.74, 6) is -1.97. The Balaban J connectivity index is 2.21. The monoisotopic (exact) mass is 422 g/mol. The lowest BCUT2D eigenvalue weighted by Gasteiger charge is -2.20. The smallest absolute Gasteiger partial charge is 0.354 e. The highest BCUT2D eigenvalue weighted by atomic mass is 19.4. The van der Waals surface area contributed by atoms with E-state index >= 15 is 0 Å². The first-order valence-electron chi connectivity index (χ1n) is 9.21. The van der Waals surface area contributed by atoms with Gasteiger partial charge in [0.15, 0.2) is 5.78 Å². The fraction of sp³-hybridized carbons (Fsp3) is 0.333. The summed E-state index contributed by atoms with van der Waals surface area (Å²) >= 11 is 0. The lowest BCUT2D eigenvalue weighted by molar-refractivity contribution is -0.384. The number of rotatable bonds is 8. The maximum Gasteiger partial charge on any atom is 0.389 e. The Kier molecular flexibility index (Phi) is 7.31. The molecular weight excluding hydrogens is 401 g/mol. The van der Waals surface area contributed by atoms with Gasteiger partial charge in [-0.2, -0.15) is 13.2 Å². The number of halogens is 3. The molecule has 0 radical (unpaired) electrons. The largest absolute Gasteiger partial charge is 0.389 e. The minimum atomic E-state index is -4.45. The van der Waals surface area contributed by atoms with Crippen LogP contribution in [0.2, 0.25) is 0 Å². The fourth-order valence-corrected chi connectivity index (χ4v) is 3.00. The number of alkyl halides is 3. The van der Waals surface area contributed by atoms with Crippen molar-refractivity contribution in [2.45, 2.75) is 44.8 Å². The molecule has 160 valence electrons. The second-order valence-electron chi connectivity index (χ2n) is 7.20. The number of nitrogens with zero attached hydrogens (tertiary/aromatic N) is 1. The normalized spacial score (nSPS) is 12.5. The van der Waals surface area contributed by atoms with E-state index < -0.39 is 35.1 Å². The van der Waals surface area contributed by atoms with Gasteiger partial charge in [-0.3, -0.25) is 19.7 Å². The van der Waals surface area contributed by atoms with Gasteiger partial charge in [0.1, 0.15) is 0 Å². The van der Waals surface area contributed by atoms with Crippen LogP contribution in [0.4, 0.5) is 18.9 Å². The SMILES string of the molecule is CC(C)NC(=O)CC(CC(F)(F)F)c1ccc(C(=O)c2ccc([N+](=O)[O-])cc2)cc1. The van der Waals surface area contributed by atoms with Crippen LogP contribution in [0.5, 0.6) is 0 Å². The highest BCUT2D eigenvalue weighted by Gasteiger charge is 2.33. The number of nitrogens with one attached hydrogen (secondary N) is 1. The molecule has 30 heavy (non-hydrogen) atoms. The Morgan fingerprint density at radius 2 is 1.50 bits per heavy atom. The summed E-state index contributed by atoms with van der Waals surface area (Å²) in [5, 5.41) is 13.3. The maximum absolute atomic E-state index is 13.0. The average molecular weight is 422 g/mol. The number of carbonyl (C=O) groups is 2. The molecule has 0 heterocycles. The molecule has 0 spiro atoms. The van der Waals surface area contributed by atoms with E-state index in [-0.39, 0.29) is 29.3 Å². The lowest BCUT2D eigenvalue weighted by Crippen LogP contribution is -2.32. The van der Waals surface area contributed by atoms with Gasteiger partial charge in [-0.1, -0.05) is 24.3 Å². The summed E-state index contributed by atoms with van der Waals surface area (Å²) in [6.45, 7) is 3.44. The van der Waals surface area contributed by atoms with Gasteiger partial charge in [0.2, 0.25) is 5.91 Å². The van der Waals surface area contributed by atoms with E-state index in [9.17, 15) is 32.9 Å². The summed E-state index contributed by atoms with van der Waals surface area (Å²) in [6, 6.07) is 10.4. The topological polar surface area (TPSA) is 89.3 Å². The van der Waals surface area contributed by atoms with Gasteiger partial charge in [-0.05, 0) is 31.5 Å². The van der Waals surface area contributed by atoms with Gasteiger partial charge in [0.25, 0.3) is 5.69 Å². The van der Waals surface area contributed by atoms with Crippen LogP contribution in [-0.2, 0) is 4.79 Å². The molecule has 0 aliphatic heterocycles. The molecule has 0 aromatic heterocycles. The molecule has 2 aromatic rings. The van der Waals surface area contributed by atoms with Crippen molar-refractivity contribution in [3.8, 4) is 0 Å². The van der Waals surface area contributed by atoms with E-state index in [4.69, 9.17) is 0 Å². The second kappa shape index (κ2) is 9.51. The van der Waals surface area contributed by atoms with Crippen molar-refractivity contribution in [3.63, 3.8) is 0 Å². The highest BCUT2D eigenvalue weighted by Crippen LogP contribution is 2.33. The summed E-state index contributed by atoms with van der Waals surface area (Å²) in [5.41, 5.74) is 0.588. The zero-order valence-corrected chi connectivity index (χ0v) is 16.4. The van der Waals surface area contributed by atoms with Crippen LogP contribution in [-0.4, -0.2) is 28.8 Å². The molecule has 1 atom stereocenters. The van der Waals surface area contributed by atoms with E-state index in [2.05, 4.69) is 5.32 Å². The number of ketones is 1. The third kappa shape index (κ3) is 6.68. The molecule has 2 rings (SSSR count). The molecule has 0 saturated carbocycles. The molecule has 2 aromatic carbocycles. The first-order chi connectivity index (χ1) is 14.0. The average Bonchev–Trinajstić information content (AvgIpc) is 2.65. The van der Waals surface area contributed by atoms with Crippen molar-refractivity contribution in [1.29, 1.82) is 0 Å². The Morgan fingerprint density at radius 3 is 1.93 bits per heavy atom. The Labute approximate surface area is 171 Å². The zero-order chi connectivity index (χ0) is 22.5.